The first kappa shape index (κ1) is 50.7. The van der Waals surface area contributed by atoms with Crippen molar-refractivity contribution in [3.8, 4) is 22.5 Å². The van der Waals surface area contributed by atoms with Gasteiger partial charge in [-0.1, -0.05) is 26.8 Å². The number of cyclic esters (lactones) is 1. The molecule has 0 spiro atoms. The van der Waals surface area contributed by atoms with Crippen LogP contribution in [0.3, 0.4) is 0 Å². The SMILES string of the molecule is CO[C@@H](C)c1ncccc1-c1c2c3cc(ccc3n1CCOC1CCOCC1)-c1csc(n1)[C@@H](OC[C@@H](C)N(C)C)[C@H](NC(=O)[C@@H]1[C@@H](C)[C@H]1c1ccncn1)C(=O)N1CCC[C@H](N1)C(=O)OCC(C)(C)C2. The molecule has 380 valence electrons. The van der Waals surface area contributed by atoms with Gasteiger partial charge in [-0.05, 0) is 102 Å². The Bertz CT molecular complexity index is 2670. The van der Waals surface area contributed by atoms with E-state index in [1.165, 1.54) is 22.7 Å². The van der Waals surface area contributed by atoms with Crippen molar-refractivity contribution >= 4 is 40.0 Å². The summed E-state index contributed by atoms with van der Waals surface area (Å²) in [6, 6.07) is 10.3. The van der Waals surface area contributed by atoms with Gasteiger partial charge in [-0.2, -0.15) is 0 Å². The third-order valence-corrected chi connectivity index (χ3v) is 15.7. The second kappa shape index (κ2) is 21.9. The van der Waals surface area contributed by atoms with Crippen LogP contribution in [0.15, 0.2) is 60.5 Å². The molecule has 18 heteroatoms. The lowest BCUT2D eigenvalue weighted by molar-refractivity contribution is -0.157. The first-order chi connectivity index (χ1) is 34.2. The van der Waals surface area contributed by atoms with Gasteiger partial charge in [0.2, 0.25) is 5.91 Å². The van der Waals surface area contributed by atoms with E-state index in [1.807, 2.05) is 57.3 Å². The van der Waals surface area contributed by atoms with E-state index in [-0.39, 0.29) is 49.2 Å². The molecule has 2 amide bonds. The summed E-state index contributed by atoms with van der Waals surface area (Å²) in [7, 11) is 5.64. The molecule has 0 unspecified atom stereocenters. The number of likely N-dealkylation sites (N-methyl/N-ethyl adjacent to an activating group) is 1. The standard InChI is InChI=1S/C53H69N9O8S/c1-31(60(6)7)27-69-48-46(58-49(63)44-32(2)43(44)39-15-19-54-30-56-39)51(64)62-20-10-12-40(59-62)52(65)70-29-53(4,5)26-38-37-25-34(41-28-71-50(48)57-41)13-14-42(37)61(21-24-68-35-16-22-67-23-17-35)47(38)36-11-9-18-55-45(36)33(3)66-8/h9,11,13-15,18-19,25,28,30-33,35,40,43-44,46,48,59H,10,12,16-17,20-24,26-27,29H2,1-8H3,(H,58,63)/t31-,32+,33+,40+,43+,44-,46+,48+/m1/s1. The number of rotatable bonds is 14. The quantitative estimate of drug-likeness (QED) is 0.112. The Kier molecular flexibility index (Phi) is 15.6. The molecular formula is C53H69N9O8S. The summed E-state index contributed by atoms with van der Waals surface area (Å²) in [6.07, 6.45) is 7.07. The molecule has 1 aromatic carbocycles. The highest BCUT2D eigenvalue weighted by Gasteiger charge is 2.54. The van der Waals surface area contributed by atoms with Gasteiger partial charge in [0, 0.05) is 102 Å². The molecule has 4 aromatic heterocycles. The van der Waals surface area contributed by atoms with E-state index < -0.39 is 41.4 Å². The molecule has 1 aliphatic carbocycles. The van der Waals surface area contributed by atoms with Crippen molar-refractivity contribution in [2.45, 2.75) is 116 Å². The Hall–Kier alpha value is -5.21. The summed E-state index contributed by atoms with van der Waals surface area (Å²) >= 11 is 1.39. The molecule has 5 aromatic rings. The smallest absolute Gasteiger partial charge is 0.324 e. The molecule has 7 heterocycles. The fraction of sp³-hybridized carbons (Fsp3) is 0.566. The lowest BCUT2D eigenvalue weighted by Gasteiger charge is -2.37. The molecule has 6 bridgehead atoms. The molecule has 3 fully saturated rings. The predicted octanol–water partition coefficient (Wildman–Crippen LogP) is 6.68. The number of carbonyl (C=O) groups is 3. The third kappa shape index (κ3) is 11.1. The summed E-state index contributed by atoms with van der Waals surface area (Å²) < 4.78 is 33.5. The lowest BCUT2D eigenvalue weighted by Crippen LogP contribution is -2.61. The number of esters is 1. The van der Waals surface area contributed by atoms with Gasteiger partial charge in [0.25, 0.3) is 5.91 Å². The molecule has 4 aliphatic rings. The van der Waals surface area contributed by atoms with Crippen LogP contribution in [0.4, 0.5) is 0 Å². The van der Waals surface area contributed by atoms with E-state index >= 15 is 4.79 Å². The Morgan fingerprint density at radius 3 is 2.65 bits per heavy atom. The van der Waals surface area contributed by atoms with Crippen LogP contribution in [0.2, 0.25) is 0 Å². The Balaban J connectivity index is 1.18. The van der Waals surface area contributed by atoms with Gasteiger partial charge in [0.1, 0.15) is 29.5 Å². The van der Waals surface area contributed by atoms with Gasteiger partial charge in [0.05, 0.1) is 49.1 Å². The minimum atomic E-state index is -1.20. The summed E-state index contributed by atoms with van der Waals surface area (Å²) in [6.45, 7) is 13.4. The van der Waals surface area contributed by atoms with Crippen LogP contribution < -0.4 is 10.7 Å². The average Bonchev–Trinajstić information content (AvgIpc) is 3.66. The molecule has 3 aliphatic heterocycles. The number of hydrogen-bond donors (Lipinski definition) is 2. The highest BCUT2D eigenvalue weighted by atomic mass is 32.1. The molecule has 2 saturated heterocycles. The number of nitrogens with zero attached hydrogens (tertiary/aromatic N) is 7. The second-order valence-electron chi connectivity index (χ2n) is 20.6. The molecule has 17 nitrogen and oxygen atoms in total. The first-order valence-corrected chi connectivity index (χ1v) is 26.0. The van der Waals surface area contributed by atoms with Crippen LogP contribution in [0.25, 0.3) is 33.4 Å². The number of fused-ring (bicyclic) bond motifs is 6. The minimum Gasteiger partial charge on any atom is -0.464 e. The number of nitrogens with one attached hydrogen (secondary N) is 2. The van der Waals surface area contributed by atoms with Gasteiger partial charge in [-0.25, -0.2) is 20.4 Å². The van der Waals surface area contributed by atoms with Gasteiger partial charge in [-0.15, -0.1) is 11.3 Å². The zero-order valence-corrected chi connectivity index (χ0v) is 43.1. The summed E-state index contributed by atoms with van der Waals surface area (Å²) in [5.74, 6) is -1.74. The number of hydrogen-bond acceptors (Lipinski definition) is 15. The van der Waals surface area contributed by atoms with E-state index in [4.69, 9.17) is 33.7 Å². The fourth-order valence-corrected chi connectivity index (χ4v) is 11.2. The van der Waals surface area contributed by atoms with Crippen molar-refractivity contribution in [2.75, 3.05) is 60.8 Å². The number of aromatic nitrogens is 5. The number of amides is 2. The minimum absolute atomic E-state index is 0.0156. The number of thiazole rings is 1. The topological polar surface area (TPSA) is 184 Å². The van der Waals surface area contributed by atoms with Crippen LogP contribution in [-0.2, 0) is 51.0 Å². The summed E-state index contributed by atoms with van der Waals surface area (Å²) in [5, 5.41) is 8.19. The van der Waals surface area contributed by atoms with E-state index in [9.17, 15) is 9.59 Å². The van der Waals surface area contributed by atoms with Gasteiger partial charge in [-0.3, -0.25) is 24.4 Å². The summed E-state index contributed by atoms with van der Waals surface area (Å²) in [5.41, 5.74) is 9.89. The molecule has 1 saturated carbocycles. The highest BCUT2D eigenvalue weighted by molar-refractivity contribution is 7.10. The third-order valence-electron chi connectivity index (χ3n) is 14.8. The molecule has 8 atom stereocenters. The normalized spacial score (nSPS) is 24.9. The molecule has 2 N–H and O–H groups in total. The Labute approximate surface area is 420 Å². The van der Waals surface area contributed by atoms with Crippen LogP contribution in [0, 0.1) is 17.3 Å². The van der Waals surface area contributed by atoms with Crippen molar-refractivity contribution in [3.05, 3.63) is 82.5 Å². The van der Waals surface area contributed by atoms with Crippen molar-refractivity contribution < 1.29 is 38.1 Å². The Morgan fingerprint density at radius 2 is 1.89 bits per heavy atom. The van der Waals surface area contributed by atoms with E-state index in [1.54, 1.807) is 19.5 Å². The van der Waals surface area contributed by atoms with Crippen molar-refractivity contribution in [1.82, 2.24) is 45.2 Å². The van der Waals surface area contributed by atoms with Gasteiger partial charge >= 0.3 is 5.97 Å². The summed E-state index contributed by atoms with van der Waals surface area (Å²) in [4.78, 5) is 64.6. The van der Waals surface area contributed by atoms with Crippen molar-refractivity contribution in [2.24, 2.45) is 17.3 Å². The van der Waals surface area contributed by atoms with Crippen molar-refractivity contribution in [1.29, 1.82) is 0 Å². The van der Waals surface area contributed by atoms with E-state index in [0.29, 0.717) is 62.9 Å². The number of benzene rings is 1. The van der Waals surface area contributed by atoms with Gasteiger partial charge < -0.3 is 38.5 Å². The number of methoxy groups -OCH3 is 1. The first-order valence-electron chi connectivity index (χ1n) is 25.1. The van der Waals surface area contributed by atoms with Crippen LogP contribution in [0.1, 0.15) is 100 Å². The lowest BCUT2D eigenvalue weighted by atomic mass is 9.84. The molecule has 0 radical (unpaired) electrons. The average molecular weight is 992 g/mol. The van der Waals surface area contributed by atoms with Crippen LogP contribution in [0.5, 0.6) is 0 Å². The van der Waals surface area contributed by atoms with E-state index in [2.05, 4.69) is 63.4 Å². The maximum Gasteiger partial charge on any atom is 0.324 e. The zero-order chi connectivity index (χ0) is 50.0. The second-order valence-corrected chi connectivity index (χ2v) is 21.5. The fourth-order valence-electron chi connectivity index (χ4n) is 10.3. The highest BCUT2D eigenvalue weighted by Crippen LogP contribution is 2.53. The van der Waals surface area contributed by atoms with Gasteiger partial charge in [0.15, 0.2) is 0 Å². The largest absolute Gasteiger partial charge is 0.464 e. The van der Waals surface area contributed by atoms with E-state index in [0.717, 1.165) is 57.5 Å². The molecule has 9 rings (SSSR count). The number of pyridine rings is 1. The number of carbonyl (C=O) groups excluding carboxylic acids is 3. The van der Waals surface area contributed by atoms with Crippen LogP contribution >= 0.6 is 11.3 Å². The zero-order valence-electron chi connectivity index (χ0n) is 42.3. The monoisotopic (exact) mass is 991 g/mol. The predicted molar refractivity (Wildman–Crippen MR) is 269 cm³/mol. The number of ether oxygens (including phenoxy) is 5. The molecular weight excluding hydrogens is 923 g/mol. The Morgan fingerprint density at radius 1 is 1.07 bits per heavy atom. The molecule has 71 heavy (non-hydrogen) atoms. The number of hydrazine groups is 1. The van der Waals surface area contributed by atoms with Crippen LogP contribution in [-0.4, -0.2) is 137 Å². The maximum atomic E-state index is 15.2. The van der Waals surface area contributed by atoms with Crippen molar-refractivity contribution in [3.63, 3.8) is 0 Å². The maximum absolute atomic E-state index is 15.2.